The van der Waals surface area contributed by atoms with Gasteiger partial charge in [-0.2, -0.15) is 13.2 Å². The summed E-state index contributed by atoms with van der Waals surface area (Å²) in [5, 5.41) is 0. The van der Waals surface area contributed by atoms with Crippen LogP contribution in [-0.4, -0.2) is 23.8 Å². The van der Waals surface area contributed by atoms with Crippen molar-refractivity contribution in [1.29, 1.82) is 0 Å². The van der Waals surface area contributed by atoms with Crippen molar-refractivity contribution in [1.82, 2.24) is 0 Å². The third-order valence-corrected chi connectivity index (χ3v) is 4.35. The van der Waals surface area contributed by atoms with Crippen LogP contribution in [0.2, 0.25) is 0 Å². The number of hydrogen-bond acceptors (Lipinski definition) is 1. The van der Waals surface area contributed by atoms with Crippen molar-refractivity contribution >= 4 is 11.6 Å². The zero-order chi connectivity index (χ0) is 10.8. The normalized spacial score (nSPS) is 51.7. The van der Waals surface area contributed by atoms with E-state index in [0.717, 1.165) is 6.42 Å². The fourth-order valence-corrected chi connectivity index (χ4v) is 3.64. The maximum absolute atomic E-state index is 12.9. The van der Waals surface area contributed by atoms with Crippen LogP contribution in [0.3, 0.4) is 0 Å². The number of ether oxygens (including phenoxy) is 1. The van der Waals surface area contributed by atoms with Gasteiger partial charge in [0.15, 0.2) is 5.60 Å². The van der Waals surface area contributed by atoms with E-state index in [1.807, 2.05) is 12.2 Å². The molecule has 0 aromatic heterocycles. The average molecular weight is 239 g/mol. The third-order valence-electron chi connectivity index (χ3n) is 3.95. The lowest BCUT2D eigenvalue weighted by Crippen LogP contribution is -2.70. The maximum atomic E-state index is 12.9. The predicted molar refractivity (Wildman–Crippen MR) is 48.6 cm³/mol. The van der Waals surface area contributed by atoms with Crippen LogP contribution in [0.4, 0.5) is 13.2 Å². The molecule has 0 radical (unpaired) electrons. The first-order valence-corrected chi connectivity index (χ1v) is 5.52. The zero-order valence-corrected chi connectivity index (χ0v) is 8.55. The molecule has 0 aromatic rings. The summed E-state index contributed by atoms with van der Waals surface area (Å²) in [4.78, 5) is 0. The van der Waals surface area contributed by atoms with Gasteiger partial charge < -0.3 is 4.74 Å². The fourth-order valence-electron chi connectivity index (χ4n) is 3.25. The van der Waals surface area contributed by atoms with E-state index >= 15 is 0 Å². The van der Waals surface area contributed by atoms with Crippen LogP contribution in [0.15, 0.2) is 12.2 Å². The molecule has 15 heavy (non-hydrogen) atoms. The maximum Gasteiger partial charge on any atom is 0.419 e. The summed E-state index contributed by atoms with van der Waals surface area (Å²) in [6.07, 6.45) is 0.0559. The van der Waals surface area contributed by atoms with E-state index in [-0.39, 0.29) is 17.9 Å². The summed E-state index contributed by atoms with van der Waals surface area (Å²) in [7, 11) is 0. The second-order valence-electron chi connectivity index (χ2n) is 4.58. The van der Waals surface area contributed by atoms with Gasteiger partial charge in [0.25, 0.3) is 0 Å². The Labute approximate surface area is 90.2 Å². The Kier molecular flexibility index (Phi) is 1.81. The first-order valence-electron chi connectivity index (χ1n) is 4.98. The number of rotatable bonds is 1. The number of alkyl halides is 4. The molecule has 1 aliphatic heterocycles. The Morgan fingerprint density at radius 1 is 1.33 bits per heavy atom. The van der Waals surface area contributed by atoms with Crippen LogP contribution in [0.25, 0.3) is 0 Å². The SMILES string of the molecule is FC(F)(F)C1(CCl)OC2C3C=CC(C3)C21. The Balaban J connectivity index is 1.94. The van der Waals surface area contributed by atoms with Gasteiger partial charge in [0, 0.05) is 11.8 Å². The summed E-state index contributed by atoms with van der Waals surface area (Å²) in [5.41, 5.74) is -2.08. The molecule has 1 saturated carbocycles. The molecule has 1 heterocycles. The molecular formula is C10H10ClF3O. The summed E-state index contributed by atoms with van der Waals surface area (Å²) in [6.45, 7) is 0. The lowest BCUT2D eigenvalue weighted by Gasteiger charge is -2.55. The molecule has 1 saturated heterocycles. The van der Waals surface area contributed by atoms with Crippen LogP contribution in [0.5, 0.6) is 0 Å². The van der Waals surface area contributed by atoms with Crippen LogP contribution in [0, 0.1) is 17.8 Å². The van der Waals surface area contributed by atoms with Crippen molar-refractivity contribution in [2.24, 2.45) is 17.8 Å². The molecule has 3 aliphatic rings. The lowest BCUT2D eigenvalue weighted by atomic mass is 9.71. The topological polar surface area (TPSA) is 9.23 Å². The fraction of sp³-hybridized carbons (Fsp3) is 0.800. The van der Waals surface area contributed by atoms with Gasteiger partial charge in [0.1, 0.15) is 0 Å². The van der Waals surface area contributed by atoms with E-state index < -0.39 is 23.6 Å². The molecule has 2 bridgehead atoms. The summed E-state index contributed by atoms with van der Waals surface area (Å²) < 4.78 is 43.7. The largest absolute Gasteiger partial charge is 0.419 e. The second kappa shape index (κ2) is 2.72. The number of hydrogen-bond donors (Lipinski definition) is 0. The third kappa shape index (κ3) is 0.998. The minimum Gasteiger partial charge on any atom is -0.360 e. The number of fused-ring (bicyclic) bond motifs is 5. The molecule has 0 aromatic carbocycles. The Hall–Kier alpha value is -0.220. The highest BCUT2D eigenvalue weighted by molar-refractivity contribution is 6.18. The van der Waals surface area contributed by atoms with Gasteiger partial charge in [-0.3, -0.25) is 0 Å². The van der Waals surface area contributed by atoms with Gasteiger partial charge in [0.2, 0.25) is 0 Å². The molecule has 2 fully saturated rings. The lowest BCUT2D eigenvalue weighted by molar-refractivity contribution is -0.375. The molecule has 0 amide bonds. The van der Waals surface area contributed by atoms with Crippen LogP contribution < -0.4 is 0 Å². The van der Waals surface area contributed by atoms with Crippen molar-refractivity contribution in [3.05, 3.63) is 12.2 Å². The standard InChI is InChI=1S/C10H10ClF3O/c11-4-9(10(12,13)14)7-5-1-2-6(3-5)8(7)15-9/h1-2,5-8H,3-4H2. The van der Waals surface area contributed by atoms with E-state index in [0.29, 0.717) is 0 Å². The van der Waals surface area contributed by atoms with Gasteiger partial charge in [-0.05, 0) is 12.3 Å². The first-order chi connectivity index (χ1) is 6.99. The average Bonchev–Trinajstić information content (AvgIpc) is 2.59. The van der Waals surface area contributed by atoms with E-state index in [9.17, 15) is 13.2 Å². The minimum atomic E-state index is -4.35. The van der Waals surface area contributed by atoms with Gasteiger partial charge >= 0.3 is 6.18 Å². The molecule has 5 heteroatoms. The van der Waals surface area contributed by atoms with Crippen molar-refractivity contribution < 1.29 is 17.9 Å². The Morgan fingerprint density at radius 3 is 2.53 bits per heavy atom. The van der Waals surface area contributed by atoms with E-state index in [1.165, 1.54) is 0 Å². The molecule has 0 spiro atoms. The Bertz CT molecular complexity index is 327. The highest BCUT2D eigenvalue weighted by atomic mass is 35.5. The summed E-state index contributed by atoms with van der Waals surface area (Å²) in [6, 6.07) is 0. The zero-order valence-electron chi connectivity index (χ0n) is 7.80. The van der Waals surface area contributed by atoms with Gasteiger partial charge in [-0.1, -0.05) is 12.2 Å². The van der Waals surface area contributed by atoms with Gasteiger partial charge in [0.05, 0.1) is 12.0 Å². The monoisotopic (exact) mass is 238 g/mol. The van der Waals surface area contributed by atoms with Crippen LogP contribution in [-0.2, 0) is 4.74 Å². The van der Waals surface area contributed by atoms with Gasteiger partial charge in [-0.25, -0.2) is 0 Å². The summed E-state index contributed by atoms with van der Waals surface area (Å²) >= 11 is 5.48. The van der Waals surface area contributed by atoms with E-state index in [2.05, 4.69) is 0 Å². The summed E-state index contributed by atoms with van der Waals surface area (Å²) in [5.74, 6) is -0.757. The molecule has 5 atom stereocenters. The van der Waals surface area contributed by atoms with Crippen LogP contribution >= 0.6 is 11.6 Å². The molecule has 84 valence electrons. The highest BCUT2D eigenvalue weighted by Crippen LogP contribution is 2.63. The van der Waals surface area contributed by atoms with Crippen molar-refractivity contribution in [3.8, 4) is 0 Å². The van der Waals surface area contributed by atoms with Crippen molar-refractivity contribution in [2.45, 2.75) is 24.3 Å². The van der Waals surface area contributed by atoms with Crippen molar-refractivity contribution in [2.75, 3.05) is 5.88 Å². The van der Waals surface area contributed by atoms with Crippen LogP contribution in [0.1, 0.15) is 6.42 Å². The molecule has 1 nitrogen and oxygen atoms in total. The Morgan fingerprint density at radius 2 is 2.00 bits per heavy atom. The minimum absolute atomic E-state index is 0.00845. The smallest absolute Gasteiger partial charge is 0.360 e. The van der Waals surface area contributed by atoms with Crippen molar-refractivity contribution in [3.63, 3.8) is 0 Å². The van der Waals surface area contributed by atoms with E-state index in [1.54, 1.807) is 0 Å². The molecule has 0 N–H and O–H groups in total. The van der Waals surface area contributed by atoms with E-state index in [4.69, 9.17) is 16.3 Å². The molecule has 3 rings (SSSR count). The second-order valence-corrected chi connectivity index (χ2v) is 4.84. The number of allylic oxidation sites excluding steroid dienone is 1. The van der Waals surface area contributed by atoms with Gasteiger partial charge in [-0.15, -0.1) is 11.6 Å². The first kappa shape index (κ1) is 9.97. The highest BCUT2D eigenvalue weighted by Gasteiger charge is 2.74. The quantitative estimate of drug-likeness (QED) is 0.504. The molecular weight excluding hydrogens is 229 g/mol. The predicted octanol–water partition coefficient (Wildman–Crippen LogP) is 2.75. The number of halogens is 4. The molecule has 2 aliphatic carbocycles. The molecule has 5 unspecified atom stereocenters.